The van der Waals surface area contributed by atoms with Gasteiger partial charge in [-0.05, 0) is 32.9 Å². The Hall–Kier alpha value is -1.20. The van der Waals surface area contributed by atoms with E-state index in [4.69, 9.17) is 9.84 Å². The molecule has 1 saturated heterocycles. The smallest absolute Gasteiger partial charge is 0.316 e. The molecular weight excluding hydrogens is 230 g/mol. The summed E-state index contributed by atoms with van der Waals surface area (Å²) in [6, 6.07) is 0.404. The van der Waals surface area contributed by atoms with Gasteiger partial charge in [-0.3, -0.25) is 4.90 Å². The fraction of sp³-hybridized carbons (Fsp3) is 0.692. The molecule has 0 amide bonds. The molecular formula is C13H21N3O2. The van der Waals surface area contributed by atoms with Crippen molar-refractivity contribution >= 4 is 0 Å². The van der Waals surface area contributed by atoms with Crippen LogP contribution in [0.2, 0.25) is 0 Å². The normalized spacial score (nSPS) is 16.8. The van der Waals surface area contributed by atoms with Crippen LogP contribution >= 0.6 is 0 Å². The second-order valence-electron chi connectivity index (χ2n) is 4.67. The summed E-state index contributed by atoms with van der Waals surface area (Å²) in [6.07, 6.45) is 5.56. The molecule has 1 aromatic heterocycles. The van der Waals surface area contributed by atoms with Gasteiger partial charge in [-0.25, -0.2) is 9.97 Å². The van der Waals surface area contributed by atoms with Crippen LogP contribution < -0.4 is 4.74 Å². The van der Waals surface area contributed by atoms with Gasteiger partial charge in [0, 0.05) is 18.3 Å². The van der Waals surface area contributed by atoms with Crippen molar-refractivity contribution in [2.45, 2.75) is 32.8 Å². The molecule has 0 aromatic carbocycles. The number of hydrogen-bond acceptors (Lipinski definition) is 5. The first-order chi connectivity index (χ1) is 8.79. The number of ether oxygens (including phenoxy) is 1. The lowest BCUT2D eigenvalue weighted by molar-refractivity contribution is 0.177. The summed E-state index contributed by atoms with van der Waals surface area (Å²) < 4.78 is 5.54. The second-order valence-corrected chi connectivity index (χ2v) is 4.67. The molecule has 1 aliphatic heterocycles. The van der Waals surface area contributed by atoms with Crippen LogP contribution in [0, 0.1) is 6.92 Å². The van der Waals surface area contributed by atoms with E-state index in [0.717, 1.165) is 17.8 Å². The van der Waals surface area contributed by atoms with E-state index >= 15 is 0 Å². The topological polar surface area (TPSA) is 58.5 Å². The van der Waals surface area contributed by atoms with Crippen molar-refractivity contribution in [1.29, 1.82) is 0 Å². The summed E-state index contributed by atoms with van der Waals surface area (Å²) in [5.41, 5.74) is 1.53. The number of hydrogen-bond donors (Lipinski definition) is 1. The number of aromatic nitrogens is 2. The van der Waals surface area contributed by atoms with E-state index in [2.05, 4.69) is 14.9 Å². The van der Waals surface area contributed by atoms with Crippen molar-refractivity contribution in [2.24, 2.45) is 0 Å². The monoisotopic (exact) mass is 251 g/mol. The lowest BCUT2D eigenvalue weighted by Crippen LogP contribution is -2.33. The number of rotatable bonds is 5. The molecule has 0 unspecified atom stereocenters. The van der Waals surface area contributed by atoms with Crippen molar-refractivity contribution in [2.75, 3.05) is 26.2 Å². The average Bonchev–Trinajstić information content (AvgIpc) is 2.40. The van der Waals surface area contributed by atoms with Crippen molar-refractivity contribution in [3.8, 4) is 6.01 Å². The van der Waals surface area contributed by atoms with E-state index in [9.17, 15) is 0 Å². The molecule has 100 valence electrons. The van der Waals surface area contributed by atoms with Crippen LogP contribution in [-0.2, 0) is 6.61 Å². The van der Waals surface area contributed by atoms with Gasteiger partial charge in [-0.15, -0.1) is 0 Å². The Morgan fingerprint density at radius 1 is 1.33 bits per heavy atom. The molecule has 0 radical (unpaired) electrons. The molecule has 1 aromatic rings. The Labute approximate surface area is 108 Å². The van der Waals surface area contributed by atoms with E-state index in [-0.39, 0.29) is 6.61 Å². The summed E-state index contributed by atoms with van der Waals surface area (Å²) in [4.78, 5) is 10.7. The lowest BCUT2D eigenvalue weighted by atomic mass is 10.1. The van der Waals surface area contributed by atoms with Crippen LogP contribution in [0.1, 0.15) is 30.5 Å². The average molecular weight is 251 g/mol. The van der Waals surface area contributed by atoms with Gasteiger partial charge in [0.15, 0.2) is 0 Å². The Bertz CT molecular complexity index is 378. The Morgan fingerprint density at radius 3 is 2.78 bits per heavy atom. The zero-order chi connectivity index (χ0) is 12.8. The highest BCUT2D eigenvalue weighted by atomic mass is 16.5. The van der Waals surface area contributed by atoms with Gasteiger partial charge < -0.3 is 9.84 Å². The van der Waals surface area contributed by atoms with Crippen LogP contribution in [0.25, 0.3) is 0 Å². The van der Waals surface area contributed by atoms with E-state index in [0.29, 0.717) is 12.6 Å². The summed E-state index contributed by atoms with van der Waals surface area (Å²) in [7, 11) is 0. The number of piperidine rings is 1. The van der Waals surface area contributed by atoms with Gasteiger partial charge in [0.1, 0.15) is 6.61 Å². The molecule has 0 atom stereocenters. The highest BCUT2D eigenvalue weighted by molar-refractivity contribution is 5.16. The van der Waals surface area contributed by atoms with Crippen molar-refractivity contribution < 1.29 is 9.84 Å². The minimum absolute atomic E-state index is 0.0279. The van der Waals surface area contributed by atoms with Gasteiger partial charge in [0.2, 0.25) is 0 Å². The largest absolute Gasteiger partial charge is 0.462 e. The second kappa shape index (κ2) is 6.66. The van der Waals surface area contributed by atoms with Gasteiger partial charge in [-0.2, -0.15) is 0 Å². The zero-order valence-electron chi connectivity index (χ0n) is 10.9. The standard InChI is InChI=1S/C13H21N3O2/c1-11-12(10-17)9-14-13(15-11)18-8-7-16-5-3-2-4-6-16/h9,17H,2-8,10H2,1H3. The van der Waals surface area contributed by atoms with Crippen LogP contribution in [0.15, 0.2) is 6.20 Å². The molecule has 0 saturated carbocycles. The van der Waals surface area contributed by atoms with E-state index in [1.54, 1.807) is 6.20 Å². The minimum Gasteiger partial charge on any atom is -0.462 e. The zero-order valence-corrected chi connectivity index (χ0v) is 10.9. The molecule has 5 nitrogen and oxygen atoms in total. The molecule has 1 N–H and O–H groups in total. The van der Waals surface area contributed by atoms with E-state index in [1.165, 1.54) is 32.4 Å². The van der Waals surface area contributed by atoms with Gasteiger partial charge >= 0.3 is 6.01 Å². The third-order valence-electron chi connectivity index (χ3n) is 3.32. The maximum atomic E-state index is 9.03. The van der Waals surface area contributed by atoms with Crippen molar-refractivity contribution in [1.82, 2.24) is 14.9 Å². The predicted octanol–water partition coefficient (Wildman–Crippen LogP) is 1.14. The Balaban J connectivity index is 1.77. The van der Waals surface area contributed by atoms with Crippen molar-refractivity contribution in [3.05, 3.63) is 17.5 Å². The third-order valence-corrected chi connectivity index (χ3v) is 3.32. The van der Waals surface area contributed by atoms with Crippen LogP contribution in [0.3, 0.4) is 0 Å². The lowest BCUT2D eigenvalue weighted by Gasteiger charge is -2.25. The first-order valence-electron chi connectivity index (χ1n) is 6.58. The molecule has 2 rings (SSSR count). The molecule has 1 fully saturated rings. The molecule has 0 bridgehead atoms. The highest BCUT2D eigenvalue weighted by Gasteiger charge is 2.10. The molecule has 2 heterocycles. The predicted molar refractivity (Wildman–Crippen MR) is 68.5 cm³/mol. The summed E-state index contributed by atoms with van der Waals surface area (Å²) in [6.45, 7) is 5.73. The van der Waals surface area contributed by atoms with Gasteiger partial charge in [-0.1, -0.05) is 6.42 Å². The highest BCUT2D eigenvalue weighted by Crippen LogP contribution is 2.10. The molecule has 0 spiro atoms. The van der Waals surface area contributed by atoms with Crippen LogP contribution in [0.4, 0.5) is 0 Å². The maximum Gasteiger partial charge on any atom is 0.316 e. The molecule has 1 aliphatic rings. The number of aliphatic hydroxyl groups is 1. The quantitative estimate of drug-likeness (QED) is 0.850. The summed E-state index contributed by atoms with van der Waals surface area (Å²) >= 11 is 0. The van der Waals surface area contributed by atoms with Crippen LogP contribution in [0.5, 0.6) is 6.01 Å². The molecule has 5 heteroatoms. The summed E-state index contributed by atoms with van der Waals surface area (Å²) in [5, 5.41) is 9.03. The van der Waals surface area contributed by atoms with Gasteiger partial charge in [0.25, 0.3) is 0 Å². The fourth-order valence-corrected chi connectivity index (χ4v) is 2.14. The number of aliphatic hydroxyl groups excluding tert-OH is 1. The van der Waals surface area contributed by atoms with Crippen LogP contribution in [-0.4, -0.2) is 46.2 Å². The first kappa shape index (κ1) is 13.2. The molecule has 18 heavy (non-hydrogen) atoms. The van der Waals surface area contributed by atoms with E-state index in [1.807, 2.05) is 6.92 Å². The number of aryl methyl sites for hydroxylation is 1. The van der Waals surface area contributed by atoms with Crippen molar-refractivity contribution in [3.63, 3.8) is 0 Å². The summed E-state index contributed by atoms with van der Waals surface area (Å²) in [5.74, 6) is 0. The maximum absolute atomic E-state index is 9.03. The number of likely N-dealkylation sites (tertiary alicyclic amines) is 1. The Kier molecular flexibility index (Phi) is 4.90. The Morgan fingerprint density at radius 2 is 2.11 bits per heavy atom. The third kappa shape index (κ3) is 3.65. The van der Waals surface area contributed by atoms with E-state index < -0.39 is 0 Å². The number of nitrogens with zero attached hydrogens (tertiary/aromatic N) is 3. The minimum atomic E-state index is -0.0279. The molecule has 0 aliphatic carbocycles. The van der Waals surface area contributed by atoms with Gasteiger partial charge in [0.05, 0.1) is 12.3 Å². The SMILES string of the molecule is Cc1nc(OCCN2CCCCC2)ncc1CO. The first-order valence-corrected chi connectivity index (χ1v) is 6.58. The fourth-order valence-electron chi connectivity index (χ4n) is 2.14.